The van der Waals surface area contributed by atoms with E-state index in [9.17, 15) is 4.79 Å². The molecule has 0 unspecified atom stereocenters. The van der Waals surface area contributed by atoms with Crippen LogP contribution in [0.2, 0.25) is 0 Å². The summed E-state index contributed by atoms with van der Waals surface area (Å²) in [6, 6.07) is 0. The Kier molecular flexibility index (Phi) is 2.18. The number of rotatable bonds is 2. The molecule has 1 fully saturated rings. The third-order valence-electron chi connectivity index (χ3n) is 2.51. The average Bonchev–Trinajstić information content (AvgIpc) is 1.97. The normalized spacial score (nSPS) is 36.1. The maximum Gasteiger partial charge on any atom is 0.308 e. The molecule has 1 aliphatic rings. The number of esters is 1. The predicted molar refractivity (Wildman–Crippen MR) is 41.9 cm³/mol. The SMILES string of the molecule is COC(=O)C1CC(C)(CN)C1. The number of carbonyl (C=O) groups is 1. The van der Waals surface area contributed by atoms with E-state index in [4.69, 9.17) is 5.73 Å². The van der Waals surface area contributed by atoms with E-state index in [0.29, 0.717) is 6.54 Å². The first kappa shape index (κ1) is 8.53. The molecule has 0 radical (unpaired) electrons. The summed E-state index contributed by atoms with van der Waals surface area (Å²) in [6.45, 7) is 2.77. The maximum absolute atomic E-state index is 10.9. The molecule has 0 saturated heterocycles. The maximum atomic E-state index is 10.9. The van der Waals surface area contributed by atoms with Gasteiger partial charge in [0.25, 0.3) is 0 Å². The van der Waals surface area contributed by atoms with Gasteiger partial charge in [0.15, 0.2) is 0 Å². The summed E-state index contributed by atoms with van der Waals surface area (Å²) >= 11 is 0. The molecule has 0 aromatic carbocycles. The number of carbonyl (C=O) groups excluding carboxylic acids is 1. The molecule has 0 bridgehead atoms. The quantitative estimate of drug-likeness (QED) is 0.595. The highest BCUT2D eigenvalue weighted by molar-refractivity contribution is 5.73. The minimum Gasteiger partial charge on any atom is -0.469 e. The highest BCUT2D eigenvalue weighted by Gasteiger charge is 2.43. The minimum absolute atomic E-state index is 0.0871. The van der Waals surface area contributed by atoms with Crippen molar-refractivity contribution in [3.8, 4) is 0 Å². The van der Waals surface area contributed by atoms with E-state index in [2.05, 4.69) is 11.7 Å². The van der Waals surface area contributed by atoms with E-state index >= 15 is 0 Å². The fourth-order valence-corrected chi connectivity index (χ4v) is 1.63. The monoisotopic (exact) mass is 157 g/mol. The van der Waals surface area contributed by atoms with Crippen LogP contribution < -0.4 is 5.73 Å². The summed E-state index contributed by atoms with van der Waals surface area (Å²) in [4.78, 5) is 10.9. The number of ether oxygens (including phenoxy) is 1. The average molecular weight is 157 g/mol. The van der Waals surface area contributed by atoms with Crippen LogP contribution in [-0.4, -0.2) is 19.6 Å². The van der Waals surface area contributed by atoms with Crippen molar-refractivity contribution in [2.24, 2.45) is 17.1 Å². The van der Waals surface area contributed by atoms with Crippen molar-refractivity contribution in [3.05, 3.63) is 0 Å². The number of hydrogen-bond donors (Lipinski definition) is 1. The van der Waals surface area contributed by atoms with Crippen molar-refractivity contribution < 1.29 is 9.53 Å². The molecule has 0 aromatic rings. The van der Waals surface area contributed by atoms with Crippen molar-refractivity contribution in [2.45, 2.75) is 19.8 Å². The zero-order chi connectivity index (χ0) is 8.48. The molecule has 0 aromatic heterocycles. The molecule has 0 amide bonds. The molecule has 0 spiro atoms. The molecule has 1 rings (SSSR count). The van der Waals surface area contributed by atoms with E-state index in [1.54, 1.807) is 0 Å². The molecular weight excluding hydrogens is 142 g/mol. The standard InChI is InChI=1S/C8H15NO2/c1-8(5-9)3-6(4-8)7(10)11-2/h6H,3-5,9H2,1-2H3. The third kappa shape index (κ3) is 1.53. The van der Waals surface area contributed by atoms with Crippen LogP contribution in [0.5, 0.6) is 0 Å². The predicted octanol–water partition coefficient (Wildman–Crippen LogP) is 0.534. The second-order valence-corrected chi connectivity index (χ2v) is 3.64. The second kappa shape index (κ2) is 2.81. The first-order valence-electron chi connectivity index (χ1n) is 3.89. The lowest BCUT2D eigenvalue weighted by atomic mass is 9.63. The fraction of sp³-hybridized carbons (Fsp3) is 0.875. The zero-order valence-electron chi connectivity index (χ0n) is 7.09. The summed E-state index contributed by atoms with van der Waals surface area (Å²) in [5.41, 5.74) is 5.71. The van der Waals surface area contributed by atoms with Gasteiger partial charge in [-0.25, -0.2) is 0 Å². The Bertz CT molecular complexity index is 161. The van der Waals surface area contributed by atoms with Gasteiger partial charge in [-0.15, -0.1) is 0 Å². The van der Waals surface area contributed by atoms with Crippen LogP contribution in [0.25, 0.3) is 0 Å². The van der Waals surface area contributed by atoms with Crippen LogP contribution in [0.4, 0.5) is 0 Å². The molecule has 1 aliphatic carbocycles. The first-order valence-corrected chi connectivity index (χ1v) is 3.89. The molecule has 3 nitrogen and oxygen atoms in total. The molecule has 64 valence electrons. The first-order chi connectivity index (χ1) is 5.11. The summed E-state index contributed by atoms with van der Waals surface area (Å²) in [5, 5.41) is 0. The Morgan fingerprint density at radius 3 is 2.64 bits per heavy atom. The zero-order valence-corrected chi connectivity index (χ0v) is 7.09. The Morgan fingerprint density at radius 2 is 2.27 bits per heavy atom. The lowest BCUT2D eigenvalue weighted by Crippen LogP contribution is -2.44. The van der Waals surface area contributed by atoms with Gasteiger partial charge in [0, 0.05) is 0 Å². The Labute approximate surface area is 66.9 Å². The van der Waals surface area contributed by atoms with Gasteiger partial charge in [0.05, 0.1) is 13.0 Å². The molecule has 11 heavy (non-hydrogen) atoms. The van der Waals surface area contributed by atoms with Crippen molar-refractivity contribution >= 4 is 5.97 Å². The lowest BCUT2D eigenvalue weighted by molar-refractivity contribution is -0.153. The van der Waals surface area contributed by atoms with Gasteiger partial charge in [0.2, 0.25) is 0 Å². The highest BCUT2D eigenvalue weighted by Crippen LogP contribution is 2.44. The molecule has 1 saturated carbocycles. The molecule has 0 heterocycles. The van der Waals surface area contributed by atoms with Crippen LogP contribution in [0.15, 0.2) is 0 Å². The summed E-state index contributed by atoms with van der Waals surface area (Å²) < 4.78 is 4.61. The lowest BCUT2D eigenvalue weighted by Gasteiger charge is -2.42. The van der Waals surface area contributed by atoms with E-state index < -0.39 is 0 Å². The Morgan fingerprint density at radius 1 is 1.73 bits per heavy atom. The van der Waals surface area contributed by atoms with Crippen LogP contribution >= 0.6 is 0 Å². The third-order valence-corrected chi connectivity index (χ3v) is 2.51. The van der Waals surface area contributed by atoms with Gasteiger partial charge in [-0.3, -0.25) is 4.79 Å². The molecule has 0 atom stereocenters. The van der Waals surface area contributed by atoms with Crippen LogP contribution in [0.1, 0.15) is 19.8 Å². The van der Waals surface area contributed by atoms with Gasteiger partial charge in [-0.1, -0.05) is 6.92 Å². The Balaban J connectivity index is 2.34. The van der Waals surface area contributed by atoms with Crippen molar-refractivity contribution in [1.29, 1.82) is 0 Å². The van der Waals surface area contributed by atoms with Gasteiger partial charge >= 0.3 is 5.97 Å². The molecule has 3 heteroatoms. The number of methoxy groups -OCH3 is 1. The summed E-state index contributed by atoms with van der Waals surface area (Å²) in [6.07, 6.45) is 1.77. The molecule has 2 N–H and O–H groups in total. The van der Waals surface area contributed by atoms with Crippen LogP contribution in [0, 0.1) is 11.3 Å². The number of hydrogen-bond acceptors (Lipinski definition) is 3. The van der Waals surface area contributed by atoms with Crippen molar-refractivity contribution in [3.63, 3.8) is 0 Å². The molecule has 0 aliphatic heterocycles. The van der Waals surface area contributed by atoms with Crippen molar-refractivity contribution in [2.75, 3.05) is 13.7 Å². The number of nitrogens with two attached hydrogens (primary N) is 1. The van der Waals surface area contributed by atoms with Gasteiger partial charge < -0.3 is 10.5 Å². The van der Waals surface area contributed by atoms with Gasteiger partial charge in [-0.05, 0) is 24.8 Å². The Hall–Kier alpha value is -0.570. The molecular formula is C8H15NO2. The van der Waals surface area contributed by atoms with Gasteiger partial charge in [0.1, 0.15) is 0 Å². The largest absolute Gasteiger partial charge is 0.469 e. The summed E-state index contributed by atoms with van der Waals surface area (Å²) in [7, 11) is 1.43. The van der Waals surface area contributed by atoms with Crippen molar-refractivity contribution in [1.82, 2.24) is 0 Å². The smallest absolute Gasteiger partial charge is 0.308 e. The fourth-order valence-electron chi connectivity index (χ4n) is 1.63. The van der Waals surface area contributed by atoms with Crippen LogP contribution in [-0.2, 0) is 9.53 Å². The second-order valence-electron chi connectivity index (χ2n) is 3.64. The van der Waals surface area contributed by atoms with E-state index in [-0.39, 0.29) is 17.3 Å². The summed E-state index contributed by atoms with van der Waals surface area (Å²) in [5.74, 6) is 0.0180. The topological polar surface area (TPSA) is 52.3 Å². The van der Waals surface area contributed by atoms with Crippen LogP contribution in [0.3, 0.4) is 0 Å². The van der Waals surface area contributed by atoms with Gasteiger partial charge in [-0.2, -0.15) is 0 Å². The van der Waals surface area contributed by atoms with E-state index in [0.717, 1.165) is 12.8 Å². The highest BCUT2D eigenvalue weighted by atomic mass is 16.5. The van der Waals surface area contributed by atoms with E-state index in [1.165, 1.54) is 7.11 Å². The minimum atomic E-state index is -0.0871. The van der Waals surface area contributed by atoms with E-state index in [1.807, 2.05) is 0 Å².